The fraction of sp³-hybridized carbons (Fsp3) is 0.0625. The number of carbonyl (C=O) groups is 1. The summed E-state index contributed by atoms with van der Waals surface area (Å²) in [6.07, 6.45) is 1.13. The van der Waals surface area contributed by atoms with Crippen LogP contribution in [0, 0.1) is 5.82 Å². The van der Waals surface area contributed by atoms with Gasteiger partial charge in [-0.25, -0.2) is 14.2 Å². The number of hydrogen-bond donors (Lipinski definition) is 1. The third-order valence-electron chi connectivity index (χ3n) is 3.47. The molecule has 1 aromatic heterocycles. The number of fused-ring (bicyclic) bond motifs is 1. The maximum absolute atomic E-state index is 14.3. The van der Waals surface area contributed by atoms with E-state index in [1.807, 2.05) is 0 Å². The number of nitrogens with zero attached hydrogens (tertiary/aromatic N) is 2. The second-order valence-corrected chi connectivity index (χ2v) is 5.72. The van der Waals surface area contributed by atoms with Crippen molar-refractivity contribution >= 4 is 32.8 Å². The van der Waals surface area contributed by atoms with Gasteiger partial charge in [0.15, 0.2) is 11.9 Å². The summed E-state index contributed by atoms with van der Waals surface area (Å²) < 4.78 is 15.3. The van der Waals surface area contributed by atoms with Crippen LogP contribution >= 0.6 is 15.9 Å². The minimum Gasteiger partial charge on any atom is -0.479 e. The van der Waals surface area contributed by atoms with Gasteiger partial charge in [-0.3, -0.25) is 9.36 Å². The van der Waals surface area contributed by atoms with Gasteiger partial charge in [-0.05, 0) is 33.6 Å². The highest BCUT2D eigenvalue weighted by Crippen LogP contribution is 2.23. The zero-order chi connectivity index (χ0) is 16.6. The lowest BCUT2D eigenvalue weighted by molar-refractivity contribution is -0.139. The first kappa shape index (κ1) is 15.4. The van der Waals surface area contributed by atoms with Crippen molar-refractivity contribution in [1.82, 2.24) is 9.55 Å². The van der Waals surface area contributed by atoms with E-state index in [0.717, 1.165) is 10.9 Å². The van der Waals surface area contributed by atoms with Gasteiger partial charge in [0, 0.05) is 0 Å². The highest BCUT2D eigenvalue weighted by atomic mass is 79.9. The molecule has 5 nitrogen and oxygen atoms in total. The van der Waals surface area contributed by atoms with Crippen molar-refractivity contribution in [2.45, 2.75) is 6.04 Å². The Morgan fingerprint density at radius 1 is 1.22 bits per heavy atom. The van der Waals surface area contributed by atoms with Crippen molar-refractivity contribution in [2.24, 2.45) is 0 Å². The highest BCUT2D eigenvalue weighted by Gasteiger charge is 2.24. The largest absolute Gasteiger partial charge is 0.479 e. The lowest BCUT2D eigenvalue weighted by Gasteiger charge is -2.16. The molecule has 0 amide bonds. The SMILES string of the molecule is O=C(O)C(c1ccccc1)n1cnc2ccc(Br)c(F)c2c1=O. The van der Waals surface area contributed by atoms with Crippen LogP contribution < -0.4 is 5.56 Å². The molecule has 0 aliphatic carbocycles. The Hall–Kier alpha value is -2.54. The number of rotatable bonds is 3. The Balaban J connectivity index is 2.31. The molecule has 1 heterocycles. The number of halogens is 2. The normalized spacial score (nSPS) is 12.3. The number of aliphatic carboxylic acids is 1. The van der Waals surface area contributed by atoms with Gasteiger partial charge in [-0.2, -0.15) is 0 Å². The van der Waals surface area contributed by atoms with Gasteiger partial charge in [0.05, 0.1) is 16.3 Å². The summed E-state index contributed by atoms with van der Waals surface area (Å²) in [6.45, 7) is 0. The van der Waals surface area contributed by atoms with E-state index in [1.165, 1.54) is 12.1 Å². The van der Waals surface area contributed by atoms with Crippen LogP contribution in [0.3, 0.4) is 0 Å². The summed E-state index contributed by atoms with van der Waals surface area (Å²) in [5.41, 5.74) is -0.173. The molecule has 3 aromatic rings. The number of benzene rings is 2. The van der Waals surface area contributed by atoms with Crippen molar-refractivity contribution in [3.8, 4) is 0 Å². The molecular formula is C16H10BrFN2O3. The fourth-order valence-corrected chi connectivity index (χ4v) is 2.73. The molecule has 3 rings (SSSR count). The van der Waals surface area contributed by atoms with Gasteiger partial charge in [0.2, 0.25) is 0 Å². The first-order valence-corrected chi connectivity index (χ1v) is 7.42. The number of hydrogen-bond acceptors (Lipinski definition) is 3. The smallest absolute Gasteiger partial charge is 0.331 e. The Morgan fingerprint density at radius 3 is 2.57 bits per heavy atom. The summed E-state index contributed by atoms with van der Waals surface area (Å²) in [5.74, 6) is -1.98. The third-order valence-corrected chi connectivity index (χ3v) is 4.08. The van der Waals surface area contributed by atoms with Crippen LogP contribution in [0.2, 0.25) is 0 Å². The quantitative estimate of drug-likeness (QED) is 0.762. The molecule has 1 atom stereocenters. The summed E-state index contributed by atoms with van der Waals surface area (Å²) in [6, 6.07) is 9.91. The summed E-state index contributed by atoms with van der Waals surface area (Å²) in [7, 11) is 0. The van der Waals surface area contributed by atoms with E-state index in [4.69, 9.17) is 0 Å². The van der Waals surface area contributed by atoms with Crippen molar-refractivity contribution in [2.75, 3.05) is 0 Å². The van der Waals surface area contributed by atoms with E-state index in [2.05, 4.69) is 20.9 Å². The average molecular weight is 377 g/mol. The maximum atomic E-state index is 14.3. The Labute approximate surface area is 138 Å². The van der Waals surface area contributed by atoms with E-state index in [9.17, 15) is 19.1 Å². The Bertz CT molecular complexity index is 957. The Morgan fingerprint density at radius 2 is 1.91 bits per heavy atom. The fourth-order valence-electron chi connectivity index (χ4n) is 2.40. The van der Waals surface area contributed by atoms with Gasteiger partial charge >= 0.3 is 5.97 Å². The molecule has 116 valence electrons. The van der Waals surface area contributed by atoms with Crippen molar-refractivity contribution in [3.63, 3.8) is 0 Å². The van der Waals surface area contributed by atoms with E-state index in [-0.39, 0.29) is 15.4 Å². The Kier molecular flexibility index (Phi) is 3.96. The van der Waals surface area contributed by atoms with Crippen LogP contribution in [0.25, 0.3) is 10.9 Å². The maximum Gasteiger partial charge on any atom is 0.331 e. The van der Waals surface area contributed by atoms with Crippen LogP contribution in [-0.2, 0) is 4.79 Å². The van der Waals surface area contributed by atoms with Gasteiger partial charge in [-0.15, -0.1) is 0 Å². The second kappa shape index (κ2) is 5.92. The van der Waals surface area contributed by atoms with Gasteiger partial charge < -0.3 is 5.11 Å². The van der Waals surface area contributed by atoms with Gasteiger partial charge in [-0.1, -0.05) is 30.3 Å². The van der Waals surface area contributed by atoms with Gasteiger partial charge in [0.25, 0.3) is 5.56 Å². The molecule has 0 aliphatic rings. The molecule has 0 aliphatic heterocycles. The van der Waals surface area contributed by atoms with Crippen LogP contribution in [0.5, 0.6) is 0 Å². The van der Waals surface area contributed by atoms with E-state index >= 15 is 0 Å². The van der Waals surface area contributed by atoms with Gasteiger partial charge in [0.1, 0.15) is 5.39 Å². The molecule has 2 aromatic carbocycles. The molecule has 1 unspecified atom stereocenters. The molecular weight excluding hydrogens is 367 g/mol. The zero-order valence-electron chi connectivity index (χ0n) is 11.6. The average Bonchev–Trinajstić information content (AvgIpc) is 2.54. The summed E-state index contributed by atoms with van der Waals surface area (Å²) in [5, 5.41) is 9.26. The molecule has 0 saturated heterocycles. The predicted molar refractivity (Wildman–Crippen MR) is 85.9 cm³/mol. The van der Waals surface area contributed by atoms with Crippen LogP contribution in [-0.4, -0.2) is 20.6 Å². The minimum absolute atomic E-state index is 0.119. The second-order valence-electron chi connectivity index (χ2n) is 4.86. The lowest BCUT2D eigenvalue weighted by Crippen LogP contribution is -2.31. The monoisotopic (exact) mass is 376 g/mol. The van der Waals surface area contributed by atoms with Crippen molar-refractivity contribution < 1.29 is 14.3 Å². The van der Waals surface area contributed by atoms with E-state index < -0.39 is 23.4 Å². The van der Waals surface area contributed by atoms with Crippen LogP contribution in [0.1, 0.15) is 11.6 Å². The molecule has 7 heteroatoms. The summed E-state index contributed by atoms with van der Waals surface area (Å²) >= 11 is 3.02. The molecule has 0 spiro atoms. The first-order chi connectivity index (χ1) is 11.0. The molecule has 0 bridgehead atoms. The number of carboxylic acid groups (broad SMARTS) is 1. The standard InChI is InChI=1S/C16H10BrFN2O3/c17-10-6-7-11-12(13(10)18)15(21)20(8-19-11)14(16(22)23)9-4-2-1-3-5-9/h1-8,14H,(H,22,23). The lowest BCUT2D eigenvalue weighted by atomic mass is 10.1. The molecule has 0 fully saturated rings. The third kappa shape index (κ3) is 2.63. The van der Waals surface area contributed by atoms with E-state index in [1.54, 1.807) is 30.3 Å². The topological polar surface area (TPSA) is 72.2 Å². The molecule has 0 radical (unpaired) electrons. The molecule has 1 N–H and O–H groups in total. The van der Waals surface area contributed by atoms with Crippen LogP contribution in [0.15, 0.2) is 58.1 Å². The van der Waals surface area contributed by atoms with E-state index in [0.29, 0.717) is 5.56 Å². The van der Waals surface area contributed by atoms with Crippen LogP contribution in [0.4, 0.5) is 4.39 Å². The highest BCUT2D eigenvalue weighted by molar-refractivity contribution is 9.10. The number of carboxylic acids is 1. The summed E-state index contributed by atoms with van der Waals surface area (Å²) in [4.78, 5) is 28.3. The molecule has 0 saturated carbocycles. The zero-order valence-corrected chi connectivity index (χ0v) is 13.2. The first-order valence-electron chi connectivity index (χ1n) is 6.63. The van der Waals surface area contributed by atoms with Crippen molar-refractivity contribution in [3.05, 3.63) is 75.0 Å². The van der Waals surface area contributed by atoms with Crippen molar-refractivity contribution in [1.29, 1.82) is 0 Å². The minimum atomic E-state index is -1.28. The predicted octanol–water partition coefficient (Wildman–Crippen LogP) is 2.97. The number of aromatic nitrogens is 2. The molecule has 23 heavy (non-hydrogen) atoms.